The van der Waals surface area contributed by atoms with Crippen LogP contribution in [0, 0.1) is 18.3 Å². The van der Waals surface area contributed by atoms with Crippen LogP contribution < -0.4 is 10.8 Å². The minimum Gasteiger partial charge on any atom is -0.347 e. The van der Waals surface area contributed by atoms with Crippen LogP contribution in [0.5, 0.6) is 0 Å². The van der Waals surface area contributed by atoms with E-state index in [1.54, 1.807) is 17.6 Å². The number of hydrogen-bond acceptors (Lipinski definition) is 5. The van der Waals surface area contributed by atoms with Crippen LogP contribution in [0.4, 0.5) is 0 Å². The zero-order valence-corrected chi connectivity index (χ0v) is 20.3. The van der Waals surface area contributed by atoms with E-state index in [1.165, 1.54) is 0 Å². The summed E-state index contributed by atoms with van der Waals surface area (Å²) in [6.45, 7) is 8.26. The molecule has 1 aromatic heterocycles. The molecule has 0 aliphatic carbocycles. The Morgan fingerprint density at radius 1 is 1.14 bits per heavy atom. The third kappa shape index (κ3) is 5.21. The number of fused-ring (bicyclic) bond motifs is 1. The number of amides is 2. The van der Waals surface area contributed by atoms with Gasteiger partial charge in [-0.05, 0) is 29.8 Å². The van der Waals surface area contributed by atoms with Crippen LogP contribution in [0.3, 0.4) is 0 Å². The summed E-state index contributed by atoms with van der Waals surface area (Å²) in [6, 6.07) is 15.1. The lowest BCUT2D eigenvalue weighted by molar-refractivity contribution is -0.133. The fraction of sp³-hybridized carbons (Fsp3) is 0.370. The van der Waals surface area contributed by atoms with Gasteiger partial charge in [0.1, 0.15) is 5.82 Å². The largest absolute Gasteiger partial charge is 0.347 e. The lowest BCUT2D eigenvalue weighted by Gasteiger charge is -2.20. The molecule has 3 N–H and O–H groups in total. The van der Waals surface area contributed by atoms with Gasteiger partial charge in [0.05, 0.1) is 29.5 Å². The molecule has 35 heavy (non-hydrogen) atoms. The number of rotatable bonds is 6. The van der Waals surface area contributed by atoms with Crippen molar-refractivity contribution in [2.75, 3.05) is 19.6 Å². The van der Waals surface area contributed by atoms with E-state index in [4.69, 9.17) is 16.6 Å². The van der Waals surface area contributed by atoms with E-state index in [1.807, 2.05) is 35.2 Å². The number of benzene rings is 2. The number of hydroxylamine groups is 1. The second-order valence-corrected chi connectivity index (χ2v) is 10.0. The number of carbonyl (C=O) groups is 2. The lowest BCUT2D eigenvalue weighted by Crippen LogP contribution is -2.45. The van der Waals surface area contributed by atoms with Crippen LogP contribution in [0.25, 0.3) is 11.0 Å². The van der Waals surface area contributed by atoms with E-state index in [2.05, 4.69) is 42.6 Å². The highest BCUT2D eigenvalue weighted by Gasteiger charge is 2.38. The summed E-state index contributed by atoms with van der Waals surface area (Å²) in [5.41, 5.74) is 5.16. The number of aromatic nitrogens is 2. The van der Waals surface area contributed by atoms with Crippen LogP contribution in [0.1, 0.15) is 42.5 Å². The summed E-state index contributed by atoms with van der Waals surface area (Å²) < 4.78 is 2.22. The number of imidazole rings is 1. The van der Waals surface area contributed by atoms with Gasteiger partial charge in [0, 0.05) is 30.6 Å². The average molecular weight is 474 g/mol. The first kappa shape index (κ1) is 24.5. The number of hydrogen-bond donors (Lipinski definition) is 3. The van der Waals surface area contributed by atoms with Crippen LogP contribution in [-0.4, -0.2) is 57.1 Å². The standard InChI is InChI=1S/C27H31N5O3/c1-5-14-31-16-20(25(34)30-35)22(17-31)28-24(33)19-12-10-18(11-13-19)15-32-23-9-7-6-8-21(23)29-26(32)27(2,3)4/h1,6-13,20,22,35H,14-17H2,2-4H3,(H,28,33)(H,30,34)/t20-,22+/m0/s1. The Labute approximate surface area is 205 Å². The summed E-state index contributed by atoms with van der Waals surface area (Å²) in [5, 5.41) is 12.0. The second kappa shape index (κ2) is 9.90. The number of likely N-dealkylation sites (tertiary alicyclic amines) is 1. The number of para-hydroxylation sites is 2. The minimum absolute atomic E-state index is 0.120. The fourth-order valence-corrected chi connectivity index (χ4v) is 4.64. The number of terminal acetylenes is 1. The first-order valence-electron chi connectivity index (χ1n) is 11.7. The molecule has 2 amide bonds. The van der Waals surface area contributed by atoms with E-state index in [0.717, 1.165) is 22.4 Å². The highest BCUT2D eigenvalue weighted by Crippen LogP contribution is 2.27. The molecule has 8 heteroatoms. The van der Waals surface area contributed by atoms with Gasteiger partial charge in [0.2, 0.25) is 5.91 Å². The Bertz CT molecular complexity index is 1270. The van der Waals surface area contributed by atoms with Gasteiger partial charge in [-0.2, -0.15) is 0 Å². The van der Waals surface area contributed by atoms with Crippen LogP contribution >= 0.6 is 0 Å². The van der Waals surface area contributed by atoms with Crippen molar-refractivity contribution in [1.29, 1.82) is 0 Å². The zero-order valence-electron chi connectivity index (χ0n) is 20.3. The molecule has 2 aromatic carbocycles. The van der Waals surface area contributed by atoms with Crippen molar-refractivity contribution in [3.63, 3.8) is 0 Å². The second-order valence-electron chi connectivity index (χ2n) is 10.0. The monoisotopic (exact) mass is 473 g/mol. The SMILES string of the molecule is C#CCN1C[C@H](C(=O)NO)[C@H](NC(=O)c2ccc(Cn3c(C(C)(C)C)nc4ccccc43)cc2)C1. The Morgan fingerprint density at radius 2 is 1.86 bits per heavy atom. The Hall–Kier alpha value is -3.67. The molecule has 0 saturated carbocycles. The number of nitrogens with zero attached hydrogens (tertiary/aromatic N) is 3. The molecule has 0 radical (unpaired) electrons. The minimum atomic E-state index is -0.582. The summed E-state index contributed by atoms with van der Waals surface area (Å²) in [5.74, 6) is 2.17. The lowest BCUT2D eigenvalue weighted by atomic mass is 9.95. The molecular weight excluding hydrogens is 442 g/mol. The van der Waals surface area contributed by atoms with E-state index < -0.39 is 17.9 Å². The molecule has 182 valence electrons. The molecule has 0 unspecified atom stereocenters. The van der Waals surface area contributed by atoms with Crippen molar-refractivity contribution in [2.24, 2.45) is 5.92 Å². The highest BCUT2D eigenvalue weighted by atomic mass is 16.5. The molecule has 2 atom stereocenters. The van der Waals surface area contributed by atoms with Gasteiger partial charge in [0.25, 0.3) is 5.91 Å². The van der Waals surface area contributed by atoms with Gasteiger partial charge >= 0.3 is 0 Å². The molecule has 8 nitrogen and oxygen atoms in total. The molecule has 1 aliphatic heterocycles. The number of nitrogens with one attached hydrogen (secondary N) is 2. The zero-order chi connectivity index (χ0) is 25.2. The molecule has 0 bridgehead atoms. The predicted octanol–water partition coefficient (Wildman–Crippen LogP) is 2.55. The van der Waals surface area contributed by atoms with E-state index >= 15 is 0 Å². The van der Waals surface area contributed by atoms with E-state index in [-0.39, 0.29) is 11.3 Å². The molecule has 1 saturated heterocycles. The van der Waals surface area contributed by atoms with Gasteiger partial charge in [-0.3, -0.25) is 19.7 Å². The number of carbonyl (C=O) groups excluding carboxylic acids is 2. The summed E-state index contributed by atoms with van der Waals surface area (Å²) in [6.07, 6.45) is 5.39. The van der Waals surface area contributed by atoms with Crippen molar-refractivity contribution in [2.45, 2.75) is 38.8 Å². The van der Waals surface area contributed by atoms with Crippen molar-refractivity contribution in [3.05, 3.63) is 65.5 Å². The maximum Gasteiger partial charge on any atom is 0.251 e. The summed E-state index contributed by atoms with van der Waals surface area (Å²) >= 11 is 0. The average Bonchev–Trinajstić information content (AvgIpc) is 3.40. The first-order chi connectivity index (χ1) is 16.7. The predicted molar refractivity (Wildman–Crippen MR) is 134 cm³/mol. The van der Waals surface area contributed by atoms with Gasteiger partial charge in [0.15, 0.2) is 0 Å². The van der Waals surface area contributed by atoms with Gasteiger partial charge in [-0.15, -0.1) is 6.42 Å². The molecule has 0 spiro atoms. The highest BCUT2D eigenvalue weighted by molar-refractivity contribution is 5.95. The topological polar surface area (TPSA) is 99.5 Å². The molecule has 1 fully saturated rings. The van der Waals surface area contributed by atoms with Crippen molar-refractivity contribution >= 4 is 22.8 Å². The maximum absolute atomic E-state index is 12.9. The quantitative estimate of drug-likeness (QED) is 0.290. The normalized spacial score (nSPS) is 18.4. The third-order valence-electron chi connectivity index (χ3n) is 6.36. The molecule has 2 heterocycles. The van der Waals surface area contributed by atoms with E-state index in [0.29, 0.717) is 31.7 Å². The Balaban J connectivity index is 1.50. The molecule has 1 aliphatic rings. The van der Waals surface area contributed by atoms with Crippen LogP contribution in [-0.2, 0) is 16.8 Å². The van der Waals surface area contributed by atoms with Crippen molar-refractivity contribution < 1.29 is 14.8 Å². The summed E-state index contributed by atoms with van der Waals surface area (Å²) in [4.78, 5) is 31.8. The fourth-order valence-electron chi connectivity index (χ4n) is 4.64. The smallest absolute Gasteiger partial charge is 0.251 e. The van der Waals surface area contributed by atoms with Gasteiger partial charge in [-0.25, -0.2) is 10.5 Å². The van der Waals surface area contributed by atoms with E-state index in [9.17, 15) is 9.59 Å². The van der Waals surface area contributed by atoms with Gasteiger partial charge < -0.3 is 9.88 Å². The first-order valence-corrected chi connectivity index (χ1v) is 11.7. The Kier molecular flexibility index (Phi) is 6.92. The van der Waals surface area contributed by atoms with Crippen molar-refractivity contribution in [1.82, 2.24) is 25.2 Å². The Morgan fingerprint density at radius 3 is 2.51 bits per heavy atom. The van der Waals surface area contributed by atoms with Gasteiger partial charge in [-0.1, -0.05) is 51.0 Å². The van der Waals surface area contributed by atoms with Crippen LogP contribution in [0.2, 0.25) is 0 Å². The molecular formula is C27H31N5O3. The molecule has 4 rings (SSSR count). The van der Waals surface area contributed by atoms with Crippen molar-refractivity contribution in [3.8, 4) is 12.3 Å². The maximum atomic E-state index is 12.9. The molecule has 3 aromatic rings. The summed E-state index contributed by atoms with van der Waals surface area (Å²) in [7, 11) is 0. The third-order valence-corrected chi connectivity index (χ3v) is 6.36. The van der Waals surface area contributed by atoms with Crippen LogP contribution in [0.15, 0.2) is 48.5 Å².